The number of nitrogens with zero attached hydrogens (tertiary/aromatic N) is 3. The van der Waals surface area contributed by atoms with E-state index in [0.29, 0.717) is 0 Å². The van der Waals surface area contributed by atoms with Crippen LogP contribution in [0.15, 0.2) is 97.3 Å². The van der Waals surface area contributed by atoms with Gasteiger partial charge in [-0.2, -0.15) is 5.10 Å². The summed E-state index contributed by atoms with van der Waals surface area (Å²) in [7, 11) is 0. The molecule has 1 aromatic heterocycles. The van der Waals surface area contributed by atoms with Gasteiger partial charge in [0.2, 0.25) is 0 Å². The third-order valence-electron chi connectivity index (χ3n) is 4.40. The van der Waals surface area contributed by atoms with Crippen LogP contribution in [0.25, 0.3) is 23.0 Å². The zero-order chi connectivity index (χ0) is 20.1. The minimum absolute atomic E-state index is 0.0648. The molecule has 0 aliphatic carbocycles. The van der Waals surface area contributed by atoms with Gasteiger partial charge in [0.1, 0.15) is 0 Å². The number of nitrogens with one attached hydrogen (secondary N) is 1. The molecule has 0 spiro atoms. The minimum atomic E-state index is -0.413. The molecule has 6 nitrogen and oxygen atoms in total. The van der Waals surface area contributed by atoms with E-state index in [4.69, 9.17) is 5.10 Å². The highest BCUT2D eigenvalue weighted by Crippen LogP contribution is 2.25. The molecule has 0 unspecified atom stereocenters. The lowest BCUT2D eigenvalue weighted by Gasteiger charge is -2.01. The Morgan fingerprint density at radius 3 is 2.21 bits per heavy atom. The van der Waals surface area contributed by atoms with Crippen molar-refractivity contribution in [3.8, 4) is 16.9 Å². The van der Waals surface area contributed by atoms with Gasteiger partial charge < -0.3 is 5.32 Å². The molecule has 0 saturated carbocycles. The lowest BCUT2D eigenvalue weighted by molar-refractivity contribution is -0.384. The number of hydrogen-bond acceptors (Lipinski definition) is 4. The number of hydrogen-bond donors (Lipinski definition) is 1. The molecular weight excluding hydrogens is 364 g/mol. The molecule has 142 valence electrons. The van der Waals surface area contributed by atoms with Crippen molar-refractivity contribution in [1.82, 2.24) is 9.78 Å². The lowest BCUT2D eigenvalue weighted by atomic mass is 10.1. The van der Waals surface area contributed by atoms with E-state index >= 15 is 0 Å². The average Bonchev–Trinajstić information content (AvgIpc) is 3.19. The van der Waals surface area contributed by atoms with Crippen molar-refractivity contribution in [2.24, 2.45) is 0 Å². The van der Waals surface area contributed by atoms with Crippen LogP contribution >= 0.6 is 0 Å². The summed E-state index contributed by atoms with van der Waals surface area (Å²) in [5, 5.41) is 18.7. The van der Waals surface area contributed by atoms with E-state index in [2.05, 4.69) is 5.32 Å². The quantitative estimate of drug-likeness (QED) is 0.351. The number of anilines is 1. The number of aromatic nitrogens is 2. The van der Waals surface area contributed by atoms with Crippen LogP contribution in [0.2, 0.25) is 0 Å². The van der Waals surface area contributed by atoms with Crippen LogP contribution in [0.3, 0.4) is 0 Å². The Balaban J connectivity index is 1.62. The van der Waals surface area contributed by atoms with Gasteiger partial charge in [-0.15, -0.1) is 0 Å². The molecule has 0 radical (unpaired) electrons. The van der Waals surface area contributed by atoms with Crippen LogP contribution in [-0.2, 0) is 0 Å². The van der Waals surface area contributed by atoms with E-state index in [1.54, 1.807) is 18.3 Å². The van der Waals surface area contributed by atoms with Crippen molar-refractivity contribution < 1.29 is 4.92 Å². The Morgan fingerprint density at radius 1 is 0.897 bits per heavy atom. The first-order valence-electron chi connectivity index (χ1n) is 9.09. The third-order valence-corrected chi connectivity index (χ3v) is 4.40. The van der Waals surface area contributed by atoms with Crippen molar-refractivity contribution in [1.29, 1.82) is 0 Å². The molecule has 0 saturated heterocycles. The summed E-state index contributed by atoms with van der Waals surface area (Å²) >= 11 is 0. The molecule has 29 heavy (non-hydrogen) atoms. The fourth-order valence-electron chi connectivity index (χ4n) is 2.95. The normalized spacial score (nSPS) is 10.9. The van der Waals surface area contributed by atoms with Gasteiger partial charge in [0.05, 0.1) is 16.3 Å². The Morgan fingerprint density at radius 2 is 1.55 bits per heavy atom. The molecular formula is C23H18N4O2. The van der Waals surface area contributed by atoms with Gasteiger partial charge >= 0.3 is 0 Å². The maximum atomic E-state index is 10.8. The first-order valence-corrected chi connectivity index (χ1v) is 9.09. The van der Waals surface area contributed by atoms with Gasteiger partial charge in [0, 0.05) is 41.3 Å². The predicted octanol–water partition coefficient (Wildman–Crippen LogP) is 5.53. The molecule has 6 heteroatoms. The summed E-state index contributed by atoms with van der Waals surface area (Å²) in [5.74, 6) is 0. The summed E-state index contributed by atoms with van der Waals surface area (Å²) in [6.45, 7) is 0. The van der Waals surface area contributed by atoms with E-state index < -0.39 is 4.92 Å². The molecule has 1 heterocycles. The van der Waals surface area contributed by atoms with Crippen molar-refractivity contribution in [3.05, 3.63) is 113 Å². The van der Waals surface area contributed by atoms with Crippen LogP contribution in [0.5, 0.6) is 0 Å². The number of para-hydroxylation sites is 1. The fourth-order valence-corrected chi connectivity index (χ4v) is 2.95. The van der Waals surface area contributed by atoms with Crippen molar-refractivity contribution in [2.75, 3.05) is 5.32 Å². The topological polar surface area (TPSA) is 73.0 Å². The van der Waals surface area contributed by atoms with Crippen LogP contribution in [0.1, 0.15) is 5.56 Å². The monoisotopic (exact) mass is 382 g/mol. The second-order valence-corrected chi connectivity index (χ2v) is 6.36. The fraction of sp³-hybridized carbons (Fsp3) is 0. The molecule has 4 aromatic rings. The van der Waals surface area contributed by atoms with Gasteiger partial charge in [-0.3, -0.25) is 10.1 Å². The Kier molecular flexibility index (Phi) is 5.16. The van der Waals surface area contributed by atoms with E-state index in [1.165, 1.54) is 12.1 Å². The van der Waals surface area contributed by atoms with E-state index in [1.807, 2.05) is 77.6 Å². The molecule has 0 atom stereocenters. The van der Waals surface area contributed by atoms with Gasteiger partial charge in [-0.1, -0.05) is 48.5 Å². The lowest BCUT2D eigenvalue weighted by Crippen LogP contribution is -1.93. The Hall–Kier alpha value is -4.19. The molecule has 0 aliphatic heterocycles. The van der Waals surface area contributed by atoms with E-state index in [-0.39, 0.29) is 5.69 Å². The van der Waals surface area contributed by atoms with Gasteiger partial charge in [-0.05, 0) is 30.3 Å². The number of nitro groups is 1. The summed E-state index contributed by atoms with van der Waals surface area (Å²) in [4.78, 5) is 10.4. The second-order valence-electron chi connectivity index (χ2n) is 6.36. The summed E-state index contributed by atoms with van der Waals surface area (Å²) in [5.41, 5.74) is 4.66. The minimum Gasteiger partial charge on any atom is -0.362 e. The number of nitro benzene ring substituents is 1. The smallest absolute Gasteiger partial charge is 0.269 e. The number of non-ortho nitro benzene ring substituents is 1. The molecule has 0 fully saturated rings. The Bertz CT molecular complexity index is 1130. The molecule has 1 N–H and O–H groups in total. The third kappa shape index (κ3) is 4.22. The molecule has 0 aliphatic rings. The first-order chi connectivity index (χ1) is 14.2. The predicted molar refractivity (Wildman–Crippen MR) is 115 cm³/mol. The van der Waals surface area contributed by atoms with Crippen molar-refractivity contribution in [2.45, 2.75) is 0 Å². The highest BCUT2D eigenvalue weighted by molar-refractivity contribution is 5.72. The molecule has 3 aromatic carbocycles. The maximum Gasteiger partial charge on any atom is 0.269 e. The van der Waals surface area contributed by atoms with Crippen molar-refractivity contribution in [3.63, 3.8) is 0 Å². The average molecular weight is 382 g/mol. The van der Waals surface area contributed by atoms with Crippen LogP contribution < -0.4 is 5.32 Å². The summed E-state index contributed by atoms with van der Waals surface area (Å²) in [6, 6.07) is 26.2. The Labute approximate surface area is 167 Å². The molecule has 0 bridgehead atoms. The molecule has 0 amide bonds. The number of benzene rings is 3. The van der Waals surface area contributed by atoms with Gasteiger partial charge in [0.25, 0.3) is 5.69 Å². The maximum absolute atomic E-state index is 10.8. The standard InChI is InChI=1S/C23H18N4O2/c28-27(29)22-13-11-20(12-14-22)24-16-15-19-17-26(21-9-5-2-6-10-21)25-23(19)18-7-3-1-4-8-18/h1-17,24H. The first kappa shape index (κ1) is 18.2. The van der Waals surface area contributed by atoms with E-state index in [0.717, 1.165) is 28.2 Å². The van der Waals surface area contributed by atoms with Crippen LogP contribution in [-0.4, -0.2) is 14.7 Å². The zero-order valence-corrected chi connectivity index (χ0v) is 15.5. The largest absolute Gasteiger partial charge is 0.362 e. The molecule has 4 rings (SSSR count). The van der Waals surface area contributed by atoms with Gasteiger partial charge in [0.15, 0.2) is 0 Å². The van der Waals surface area contributed by atoms with Crippen LogP contribution in [0, 0.1) is 10.1 Å². The highest BCUT2D eigenvalue weighted by atomic mass is 16.6. The zero-order valence-electron chi connectivity index (χ0n) is 15.5. The van der Waals surface area contributed by atoms with Crippen molar-refractivity contribution >= 4 is 17.5 Å². The van der Waals surface area contributed by atoms with E-state index in [9.17, 15) is 10.1 Å². The summed E-state index contributed by atoms with van der Waals surface area (Å²) in [6.07, 6.45) is 5.72. The number of rotatable bonds is 6. The highest BCUT2D eigenvalue weighted by Gasteiger charge is 2.10. The second kappa shape index (κ2) is 8.22. The SMILES string of the molecule is O=[N+]([O-])c1ccc(NC=Cc2cn(-c3ccccc3)nc2-c2ccccc2)cc1. The van der Waals surface area contributed by atoms with Crippen LogP contribution in [0.4, 0.5) is 11.4 Å². The van der Waals surface area contributed by atoms with Gasteiger partial charge in [-0.25, -0.2) is 4.68 Å². The summed E-state index contributed by atoms with van der Waals surface area (Å²) < 4.78 is 1.86.